The van der Waals surface area contributed by atoms with Gasteiger partial charge in [-0.3, -0.25) is 9.59 Å². The van der Waals surface area contributed by atoms with Gasteiger partial charge in [-0.15, -0.1) is 0 Å². The lowest BCUT2D eigenvalue weighted by Crippen LogP contribution is -2.59. The number of likely N-dealkylation sites (tertiary alicyclic amines) is 1. The Morgan fingerprint density at radius 3 is 2.65 bits per heavy atom. The third kappa shape index (κ3) is 4.78. The van der Waals surface area contributed by atoms with Crippen LogP contribution in [-0.2, 0) is 19.1 Å². The van der Waals surface area contributed by atoms with Crippen molar-refractivity contribution in [2.45, 2.75) is 57.8 Å². The minimum atomic E-state index is -0.469. The molecule has 0 aromatic rings. The molecule has 130 valence electrons. The first-order valence-electron chi connectivity index (χ1n) is 8.55. The number of nitrogens with one attached hydrogen (secondary N) is 1. The van der Waals surface area contributed by atoms with Crippen molar-refractivity contribution in [2.24, 2.45) is 0 Å². The molecule has 0 aromatic heterocycles. The standard InChI is InChI=1S/C17H28N2O4/c1-4-6-15(18-12(3)5-2)16(20)17(21)19-9-14(10-19)23-13-7-8-22-11-13/h13-15,18H,3-11H2,1-2H3. The fourth-order valence-electron chi connectivity index (χ4n) is 2.79. The minimum Gasteiger partial charge on any atom is -0.379 e. The Labute approximate surface area is 138 Å². The van der Waals surface area contributed by atoms with Crippen LogP contribution in [0.5, 0.6) is 0 Å². The van der Waals surface area contributed by atoms with Crippen LogP contribution in [0.1, 0.15) is 39.5 Å². The first kappa shape index (κ1) is 17.9. The Kier molecular flexibility index (Phi) is 6.59. The van der Waals surface area contributed by atoms with Gasteiger partial charge in [-0.2, -0.15) is 0 Å². The van der Waals surface area contributed by atoms with Crippen LogP contribution in [0.25, 0.3) is 0 Å². The summed E-state index contributed by atoms with van der Waals surface area (Å²) in [5, 5.41) is 3.08. The zero-order valence-electron chi connectivity index (χ0n) is 14.2. The van der Waals surface area contributed by atoms with Crippen molar-refractivity contribution >= 4 is 11.7 Å². The molecule has 0 spiro atoms. The van der Waals surface area contributed by atoms with Crippen LogP contribution in [0, 0.1) is 0 Å². The van der Waals surface area contributed by atoms with E-state index in [1.54, 1.807) is 4.90 Å². The summed E-state index contributed by atoms with van der Waals surface area (Å²) in [7, 11) is 0. The number of hydrogen-bond acceptors (Lipinski definition) is 5. The maximum absolute atomic E-state index is 12.4. The van der Waals surface area contributed by atoms with Crippen molar-refractivity contribution in [1.82, 2.24) is 10.2 Å². The minimum absolute atomic E-state index is 0.0293. The topological polar surface area (TPSA) is 67.9 Å². The van der Waals surface area contributed by atoms with Crippen LogP contribution in [0.4, 0.5) is 0 Å². The van der Waals surface area contributed by atoms with E-state index in [1.807, 2.05) is 13.8 Å². The normalized spacial score (nSPS) is 22.5. The lowest BCUT2D eigenvalue weighted by Gasteiger charge is -2.40. The molecule has 2 heterocycles. The van der Waals surface area contributed by atoms with E-state index in [0.717, 1.165) is 31.6 Å². The Hall–Kier alpha value is -1.40. The van der Waals surface area contributed by atoms with Gasteiger partial charge in [0.1, 0.15) is 0 Å². The lowest BCUT2D eigenvalue weighted by atomic mass is 10.0. The summed E-state index contributed by atoms with van der Waals surface area (Å²) in [6.45, 7) is 10.2. The van der Waals surface area contributed by atoms with E-state index in [1.165, 1.54) is 0 Å². The van der Waals surface area contributed by atoms with Crippen molar-refractivity contribution < 1.29 is 19.1 Å². The molecule has 2 saturated heterocycles. The molecule has 2 rings (SSSR count). The number of carbonyl (C=O) groups excluding carboxylic acids is 2. The highest BCUT2D eigenvalue weighted by atomic mass is 16.6. The molecule has 2 aliphatic heterocycles. The molecule has 2 unspecified atom stereocenters. The summed E-state index contributed by atoms with van der Waals surface area (Å²) in [5.41, 5.74) is 0.788. The largest absolute Gasteiger partial charge is 0.379 e. The van der Waals surface area contributed by atoms with E-state index >= 15 is 0 Å². The number of amides is 1. The van der Waals surface area contributed by atoms with Crippen molar-refractivity contribution in [2.75, 3.05) is 26.3 Å². The smallest absolute Gasteiger partial charge is 0.292 e. The number of ketones is 1. The molecule has 1 N–H and O–H groups in total. The van der Waals surface area contributed by atoms with Crippen molar-refractivity contribution in [1.29, 1.82) is 0 Å². The van der Waals surface area contributed by atoms with Crippen LogP contribution in [0.2, 0.25) is 0 Å². The van der Waals surface area contributed by atoms with Gasteiger partial charge in [-0.25, -0.2) is 0 Å². The summed E-state index contributed by atoms with van der Waals surface area (Å²) < 4.78 is 11.1. The van der Waals surface area contributed by atoms with E-state index in [0.29, 0.717) is 26.1 Å². The zero-order valence-corrected chi connectivity index (χ0v) is 14.2. The summed E-state index contributed by atoms with van der Waals surface area (Å²) >= 11 is 0. The highest BCUT2D eigenvalue weighted by Gasteiger charge is 2.38. The Morgan fingerprint density at radius 2 is 2.09 bits per heavy atom. The molecule has 0 aliphatic carbocycles. The van der Waals surface area contributed by atoms with Gasteiger partial charge in [0.2, 0.25) is 5.78 Å². The zero-order chi connectivity index (χ0) is 16.8. The molecule has 1 amide bonds. The quantitative estimate of drug-likeness (QED) is 0.647. The molecule has 0 bridgehead atoms. The van der Waals surface area contributed by atoms with Gasteiger partial charge in [0.15, 0.2) is 0 Å². The predicted octanol–water partition coefficient (Wildman–Crippen LogP) is 1.25. The van der Waals surface area contributed by atoms with E-state index < -0.39 is 11.9 Å². The molecule has 2 aliphatic rings. The molecule has 2 fully saturated rings. The molecule has 0 radical (unpaired) electrons. The first-order chi connectivity index (χ1) is 11.0. The molecule has 0 saturated carbocycles. The summed E-state index contributed by atoms with van der Waals surface area (Å²) in [4.78, 5) is 26.3. The highest BCUT2D eigenvalue weighted by Crippen LogP contribution is 2.19. The van der Waals surface area contributed by atoms with Gasteiger partial charge in [0.05, 0.1) is 24.9 Å². The first-order valence-corrected chi connectivity index (χ1v) is 8.55. The molecule has 6 heteroatoms. The van der Waals surface area contributed by atoms with Crippen LogP contribution in [0.15, 0.2) is 12.3 Å². The van der Waals surface area contributed by atoms with Gasteiger partial charge in [0, 0.05) is 25.4 Å². The second-order valence-electron chi connectivity index (χ2n) is 6.26. The maximum atomic E-state index is 12.4. The number of Topliss-reactive ketones (excluding diaryl/α,β-unsaturated/α-hetero) is 1. The number of carbonyl (C=O) groups is 2. The molecule has 6 nitrogen and oxygen atoms in total. The summed E-state index contributed by atoms with van der Waals surface area (Å²) in [6, 6.07) is -0.469. The van der Waals surface area contributed by atoms with E-state index in [9.17, 15) is 9.59 Å². The summed E-state index contributed by atoms with van der Waals surface area (Å²) in [6.07, 6.45) is 3.28. The average Bonchev–Trinajstić information content (AvgIpc) is 3.01. The average molecular weight is 324 g/mol. The van der Waals surface area contributed by atoms with Gasteiger partial charge >= 0.3 is 0 Å². The van der Waals surface area contributed by atoms with Crippen LogP contribution in [0.3, 0.4) is 0 Å². The second-order valence-corrected chi connectivity index (χ2v) is 6.26. The van der Waals surface area contributed by atoms with E-state index in [2.05, 4.69) is 11.9 Å². The third-order valence-electron chi connectivity index (χ3n) is 4.32. The van der Waals surface area contributed by atoms with Crippen molar-refractivity contribution in [3.63, 3.8) is 0 Å². The van der Waals surface area contributed by atoms with Crippen LogP contribution in [-0.4, -0.2) is 61.1 Å². The number of ether oxygens (including phenoxy) is 2. The Morgan fingerprint density at radius 1 is 1.35 bits per heavy atom. The predicted molar refractivity (Wildman–Crippen MR) is 86.9 cm³/mol. The molecule has 2 atom stereocenters. The molecule has 0 aromatic carbocycles. The van der Waals surface area contributed by atoms with Crippen molar-refractivity contribution in [3.05, 3.63) is 12.3 Å². The third-order valence-corrected chi connectivity index (χ3v) is 4.32. The molecule has 23 heavy (non-hydrogen) atoms. The number of hydrogen-bond donors (Lipinski definition) is 1. The Bertz CT molecular complexity index is 440. The summed E-state index contributed by atoms with van der Waals surface area (Å²) in [5.74, 6) is -0.786. The molecular formula is C17H28N2O4. The lowest BCUT2D eigenvalue weighted by molar-refractivity contribution is -0.157. The fraction of sp³-hybridized carbons (Fsp3) is 0.765. The van der Waals surface area contributed by atoms with Crippen LogP contribution < -0.4 is 5.32 Å². The van der Waals surface area contributed by atoms with Crippen molar-refractivity contribution in [3.8, 4) is 0 Å². The van der Waals surface area contributed by atoms with Gasteiger partial charge in [0.25, 0.3) is 5.91 Å². The number of allylic oxidation sites excluding steroid dienone is 1. The van der Waals surface area contributed by atoms with E-state index in [-0.39, 0.29) is 18.0 Å². The monoisotopic (exact) mass is 324 g/mol. The number of rotatable bonds is 9. The van der Waals surface area contributed by atoms with E-state index in [4.69, 9.17) is 9.47 Å². The highest BCUT2D eigenvalue weighted by molar-refractivity contribution is 6.38. The number of nitrogens with zero attached hydrogens (tertiary/aromatic N) is 1. The second kappa shape index (κ2) is 8.45. The van der Waals surface area contributed by atoms with Crippen LogP contribution >= 0.6 is 0 Å². The SMILES string of the molecule is C=C(CC)NC(CCC)C(=O)C(=O)N1CC(OC2CCOC2)C1. The van der Waals surface area contributed by atoms with Gasteiger partial charge < -0.3 is 19.7 Å². The Balaban J connectivity index is 1.79. The van der Waals surface area contributed by atoms with Gasteiger partial charge in [-0.1, -0.05) is 26.8 Å². The molecular weight excluding hydrogens is 296 g/mol. The van der Waals surface area contributed by atoms with Gasteiger partial charge in [-0.05, 0) is 19.3 Å². The maximum Gasteiger partial charge on any atom is 0.292 e. The fourth-order valence-corrected chi connectivity index (χ4v) is 2.79.